The van der Waals surface area contributed by atoms with Crippen molar-refractivity contribution in [3.05, 3.63) is 58.9 Å². The van der Waals surface area contributed by atoms with Crippen LogP contribution in [0.15, 0.2) is 47.4 Å². The topological polar surface area (TPSA) is 83.6 Å². The smallest absolute Gasteiger partial charge is 0.243 e. The quantitative estimate of drug-likeness (QED) is 0.718. The number of hydrogen-bond acceptors (Lipinski definition) is 4. The van der Waals surface area contributed by atoms with Crippen molar-refractivity contribution in [3.63, 3.8) is 0 Å². The highest BCUT2D eigenvalue weighted by atomic mass is 35.5. The summed E-state index contributed by atoms with van der Waals surface area (Å²) in [7, 11) is -3.97. The standard InChI is InChI=1S/C20H20ClFN2O4S/c1-13(25)14-8-10-15(11-9-14)29(27,28)24-12-3-2-7-18(24)20(26)23-17-6-4-5-16(21)19(17)22/h4-6,8-11,18H,2-3,7,12H2,1H3,(H,23,26). The Morgan fingerprint density at radius 2 is 1.83 bits per heavy atom. The molecule has 0 saturated carbocycles. The van der Waals surface area contributed by atoms with Crippen molar-refractivity contribution >= 4 is 39.0 Å². The summed E-state index contributed by atoms with van der Waals surface area (Å²) in [6.07, 6.45) is 1.60. The molecule has 1 amide bonds. The van der Waals surface area contributed by atoms with Gasteiger partial charge in [-0.3, -0.25) is 9.59 Å². The monoisotopic (exact) mass is 438 g/mol. The predicted octanol–water partition coefficient (Wildman–Crippen LogP) is 3.86. The van der Waals surface area contributed by atoms with E-state index < -0.39 is 27.8 Å². The number of benzene rings is 2. The highest BCUT2D eigenvalue weighted by molar-refractivity contribution is 7.89. The number of Topliss-reactive ketones (excluding diaryl/α,β-unsaturated/α-hetero) is 1. The number of rotatable bonds is 5. The lowest BCUT2D eigenvalue weighted by molar-refractivity contribution is -0.120. The highest BCUT2D eigenvalue weighted by Crippen LogP contribution is 2.28. The van der Waals surface area contributed by atoms with Gasteiger partial charge in [-0.2, -0.15) is 4.31 Å². The molecule has 0 bridgehead atoms. The van der Waals surface area contributed by atoms with Gasteiger partial charge in [-0.25, -0.2) is 12.8 Å². The van der Waals surface area contributed by atoms with Crippen LogP contribution < -0.4 is 5.32 Å². The van der Waals surface area contributed by atoms with Crippen molar-refractivity contribution in [1.29, 1.82) is 0 Å². The van der Waals surface area contributed by atoms with E-state index in [1.54, 1.807) is 0 Å². The van der Waals surface area contributed by atoms with Gasteiger partial charge in [0.1, 0.15) is 6.04 Å². The summed E-state index contributed by atoms with van der Waals surface area (Å²) < 4.78 is 41.5. The molecule has 2 aromatic rings. The molecule has 0 radical (unpaired) electrons. The molecule has 29 heavy (non-hydrogen) atoms. The molecule has 1 fully saturated rings. The van der Waals surface area contributed by atoms with Crippen LogP contribution >= 0.6 is 11.6 Å². The Morgan fingerprint density at radius 3 is 2.48 bits per heavy atom. The molecule has 1 aliphatic heterocycles. The van der Waals surface area contributed by atoms with E-state index in [0.29, 0.717) is 24.8 Å². The largest absolute Gasteiger partial charge is 0.322 e. The third-order valence-electron chi connectivity index (χ3n) is 4.83. The van der Waals surface area contributed by atoms with Gasteiger partial charge >= 0.3 is 0 Å². The molecule has 0 aromatic heterocycles. The number of carbonyl (C=O) groups is 2. The van der Waals surface area contributed by atoms with Crippen LogP contribution in [-0.4, -0.2) is 37.0 Å². The average molecular weight is 439 g/mol. The lowest BCUT2D eigenvalue weighted by Crippen LogP contribution is -2.49. The zero-order valence-electron chi connectivity index (χ0n) is 15.7. The van der Waals surface area contributed by atoms with Crippen LogP contribution in [0.4, 0.5) is 10.1 Å². The van der Waals surface area contributed by atoms with E-state index in [1.165, 1.54) is 49.4 Å². The summed E-state index contributed by atoms with van der Waals surface area (Å²) in [4.78, 5) is 24.2. The molecule has 1 atom stereocenters. The molecule has 1 unspecified atom stereocenters. The predicted molar refractivity (Wildman–Crippen MR) is 108 cm³/mol. The molecule has 9 heteroatoms. The molecule has 6 nitrogen and oxygen atoms in total. The number of ketones is 1. The number of carbonyl (C=O) groups excluding carboxylic acids is 2. The Hall–Kier alpha value is -2.29. The zero-order chi connectivity index (χ0) is 21.2. The van der Waals surface area contributed by atoms with E-state index >= 15 is 0 Å². The SMILES string of the molecule is CC(=O)c1ccc(S(=O)(=O)N2CCCCC2C(=O)Nc2cccc(Cl)c2F)cc1. The van der Waals surface area contributed by atoms with Gasteiger partial charge in [0.25, 0.3) is 0 Å². The number of sulfonamides is 1. The first-order valence-corrected chi connectivity index (χ1v) is 10.9. The van der Waals surface area contributed by atoms with Gasteiger partial charge in [0.15, 0.2) is 11.6 Å². The van der Waals surface area contributed by atoms with Gasteiger partial charge in [-0.1, -0.05) is 36.2 Å². The first-order chi connectivity index (χ1) is 13.7. The summed E-state index contributed by atoms with van der Waals surface area (Å²) in [6, 6.07) is 8.83. The molecule has 0 spiro atoms. The second-order valence-electron chi connectivity index (χ2n) is 6.80. The summed E-state index contributed by atoms with van der Waals surface area (Å²) in [5.74, 6) is -1.56. The molecule has 0 aliphatic carbocycles. The van der Waals surface area contributed by atoms with Crippen molar-refractivity contribution in [3.8, 4) is 0 Å². The maximum Gasteiger partial charge on any atom is 0.243 e. The number of anilines is 1. The summed E-state index contributed by atoms with van der Waals surface area (Å²) in [6.45, 7) is 1.57. The minimum absolute atomic E-state index is 0.00358. The van der Waals surface area contributed by atoms with Gasteiger partial charge in [-0.05, 0) is 44.0 Å². The van der Waals surface area contributed by atoms with Crippen LogP contribution in [0.5, 0.6) is 0 Å². The van der Waals surface area contributed by atoms with Gasteiger partial charge in [0, 0.05) is 12.1 Å². The molecular formula is C20H20ClFN2O4S. The summed E-state index contributed by atoms with van der Waals surface area (Å²) in [5.41, 5.74) is 0.296. The van der Waals surface area contributed by atoms with Crippen LogP contribution in [0.3, 0.4) is 0 Å². The third kappa shape index (κ3) is 4.49. The van der Waals surface area contributed by atoms with Gasteiger partial charge in [0.05, 0.1) is 15.6 Å². The van der Waals surface area contributed by atoms with Gasteiger partial charge < -0.3 is 5.32 Å². The molecule has 2 aromatic carbocycles. The van der Waals surface area contributed by atoms with E-state index in [2.05, 4.69) is 5.32 Å². The number of nitrogens with one attached hydrogen (secondary N) is 1. The number of piperidine rings is 1. The average Bonchev–Trinajstić information content (AvgIpc) is 2.71. The van der Waals surface area contributed by atoms with Crippen LogP contribution in [-0.2, 0) is 14.8 Å². The number of nitrogens with zero attached hydrogens (tertiary/aromatic N) is 1. The Morgan fingerprint density at radius 1 is 1.14 bits per heavy atom. The molecule has 3 rings (SSSR count). The van der Waals surface area contributed by atoms with Crippen molar-refractivity contribution in [2.24, 2.45) is 0 Å². The van der Waals surface area contributed by atoms with Gasteiger partial charge in [-0.15, -0.1) is 0 Å². The van der Waals surface area contributed by atoms with Crippen LogP contribution in [0.25, 0.3) is 0 Å². The van der Waals surface area contributed by atoms with Crippen molar-refractivity contribution in [2.75, 3.05) is 11.9 Å². The molecular weight excluding hydrogens is 419 g/mol. The van der Waals surface area contributed by atoms with Crippen LogP contribution in [0.2, 0.25) is 5.02 Å². The fourth-order valence-corrected chi connectivity index (χ4v) is 5.10. The van der Waals surface area contributed by atoms with Crippen molar-refractivity contribution in [2.45, 2.75) is 37.1 Å². The van der Waals surface area contributed by atoms with E-state index in [1.807, 2.05) is 0 Å². The minimum atomic E-state index is -3.97. The van der Waals surface area contributed by atoms with E-state index in [0.717, 1.165) is 4.31 Å². The fourth-order valence-electron chi connectivity index (χ4n) is 3.27. The van der Waals surface area contributed by atoms with Crippen molar-refractivity contribution in [1.82, 2.24) is 4.31 Å². The Labute approximate surface area is 173 Å². The molecule has 1 N–H and O–H groups in total. The maximum atomic E-state index is 14.1. The minimum Gasteiger partial charge on any atom is -0.322 e. The van der Waals surface area contributed by atoms with Gasteiger partial charge in [0.2, 0.25) is 15.9 Å². The number of hydrogen-bond donors (Lipinski definition) is 1. The van der Waals surface area contributed by atoms with Crippen LogP contribution in [0.1, 0.15) is 36.5 Å². The fraction of sp³-hybridized carbons (Fsp3) is 0.300. The van der Waals surface area contributed by atoms with E-state index in [-0.39, 0.29) is 27.9 Å². The normalized spacial score (nSPS) is 17.7. The Balaban J connectivity index is 1.87. The highest BCUT2D eigenvalue weighted by Gasteiger charge is 2.38. The molecule has 1 aliphatic rings. The van der Waals surface area contributed by atoms with Crippen molar-refractivity contribution < 1.29 is 22.4 Å². The first kappa shape index (κ1) is 21.4. The second-order valence-corrected chi connectivity index (χ2v) is 9.10. The Kier molecular flexibility index (Phi) is 6.36. The van der Waals surface area contributed by atoms with Crippen LogP contribution in [0, 0.1) is 5.82 Å². The van der Waals surface area contributed by atoms with E-state index in [9.17, 15) is 22.4 Å². The first-order valence-electron chi connectivity index (χ1n) is 9.09. The number of amides is 1. The maximum absolute atomic E-state index is 14.1. The second kappa shape index (κ2) is 8.61. The van der Waals surface area contributed by atoms with E-state index in [4.69, 9.17) is 11.6 Å². The molecule has 1 saturated heterocycles. The zero-order valence-corrected chi connectivity index (χ0v) is 17.3. The molecule has 1 heterocycles. The summed E-state index contributed by atoms with van der Waals surface area (Å²) in [5, 5.41) is 2.31. The lowest BCUT2D eigenvalue weighted by atomic mass is 10.0. The lowest BCUT2D eigenvalue weighted by Gasteiger charge is -2.33. The Bertz CT molecular complexity index is 1040. The summed E-state index contributed by atoms with van der Waals surface area (Å²) >= 11 is 5.74. The third-order valence-corrected chi connectivity index (χ3v) is 7.05. The number of halogens is 2. The molecule has 154 valence electrons.